The van der Waals surface area contributed by atoms with E-state index in [-0.39, 0.29) is 24.6 Å². The van der Waals surface area contributed by atoms with Gasteiger partial charge in [-0.2, -0.15) is 0 Å². The van der Waals surface area contributed by atoms with Gasteiger partial charge in [0.1, 0.15) is 18.3 Å². The van der Waals surface area contributed by atoms with Crippen molar-refractivity contribution >= 4 is 0 Å². The molecule has 0 aromatic heterocycles. The molecule has 18 heavy (non-hydrogen) atoms. The summed E-state index contributed by atoms with van der Waals surface area (Å²) in [4.78, 5) is 0. The first kappa shape index (κ1) is 12.1. The summed E-state index contributed by atoms with van der Waals surface area (Å²) in [5.74, 6) is -0.580. The Hall–Kier alpha value is -0.940. The van der Waals surface area contributed by atoms with Gasteiger partial charge in [0.15, 0.2) is 12.1 Å². The minimum atomic E-state index is -0.580. The molecule has 3 rings (SSSR count). The Balaban J connectivity index is 1.89. The molecule has 0 aliphatic carbocycles. The van der Waals surface area contributed by atoms with Crippen LogP contribution in [0.1, 0.15) is 25.5 Å². The molecule has 98 valence electrons. The van der Waals surface area contributed by atoms with Crippen LogP contribution in [0.2, 0.25) is 0 Å². The van der Waals surface area contributed by atoms with E-state index in [1.807, 2.05) is 44.2 Å². The highest BCUT2D eigenvalue weighted by Crippen LogP contribution is 2.45. The van der Waals surface area contributed by atoms with Crippen LogP contribution in [0.3, 0.4) is 0 Å². The number of fused-ring (bicyclic) bond motifs is 1. The van der Waals surface area contributed by atoms with Gasteiger partial charge in [0.25, 0.3) is 0 Å². The lowest BCUT2D eigenvalue weighted by atomic mass is 10.0. The summed E-state index contributed by atoms with van der Waals surface area (Å²) in [6.45, 7) is 3.83. The van der Waals surface area contributed by atoms with Crippen molar-refractivity contribution in [3.05, 3.63) is 35.9 Å². The van der Waals surface area contributed by atoms with Crippen molar-refractivity contribution in [2.75, 3.05) is 7.11 Å². The Kier molecular flexibility index (Phi) is 2.90. The number of methoxy groups -OCH3 is 1. The fourth-order valence-electron chi connectivity index (χ4n) is 2.66. The zero-order valence-electron chi connectivity index (χ0n) is 10.8. The van der Waals surface area contributed by atoms with Crippen LogP contribution in [-0.4, -0.2) is 31.4 Å². The average molecular weight is 250 g/mol. The monoisotopic (exact) mass is 250 g/mol. The molecule has 2 aliphatic heterocycles. The van der Waals surface area contributed by atoms with Crippen LogP contribution >= 0.6 is 0 Å². The summed E-state index contributed by atoms with van der Waals surface area (Å²) in [6.07, 6.45) is -0.799. The molecule has 0 N–H and O–H groups in total. The van der Waals surface area contributed by atoms with E-state index in [1.54, 1.807) is 7.11 Å². The Morgan fingerprint density at radius 2 is 1.72 bits per heavy atom. The molecule has 1 aromatic carbocycles. The Morgan fingerprint density at radius 3 is 2.39 bits per heavy atom. The lowest BCUT2D eigenvalue weighted by Crippen LogP contribution is -2.30. The first-order chi connectivity index (χ1) is 8.61. The maximum absolute atomic E-state index is 5.94. The summed E-state index contributed by atoms with van der Waals surface area (Å²) >= 11 is 0. The van der Waals surface area contributed by atoms with Gasteiger partial charge in [-0.15, -0.1) is 0 Å². The van der Waals surface area contributed by atoms with Crippen molar-refractivity contribution in [2.24, 2.45) is 0 Å². The van der Waals surface area contributed by atoms with Crippen molar-refractivity contribution in [3.63, 3.8) is 0 Å². The quantitative estimate of drug-likeness (QED) is 0.806. The van der Waals surface area contributed by atoms with Gasteiger partial charge in [-0.3, -0.25) is 0 Å². The summed E-state index contributed by atoms with van der Waals surface area (Å²) in [6, 6.07) is 10.0. The average Bonchev–Trinajstić information content (AvgIpc) is 2.83. The molecule has 0 saturated carbocycles. The first-order valence-electron chi connectivity index (χ1n) is 6.19. The second-order valence-electron chi connectivity index (χ2n) is 5.14. The summed E-state index contributed by atoms with van der Waals surface area (Å²) in [5.41, 5.74) is 1.09. The molecule has 0 bridgehead atoms. The molecular formula is C14H18O4. The second-order valence-corrected chi connectivity index (χ2v) is 5.14. The predicted octanol–water partition coefficient (Wildman–Crippen LogP) is 2.25. The summed E-state index contributed by atoms with van der Waals surface area (Å²) in [7, 11) is 1.63. The van der Waals surface area contributed by atoms with E-state index in [4.69, 9.17) is 18.9 Å². The Morgan fingerprint density at radius 1 is 1.06 bits per heavy atom. The van der Waals surface area contributed by atoms with Crippen LogP contribution in [0.5, 0.6) is 0 Å². The number of hydrogen-bond acceptors (Lipinski definition) is 4. The van der Waals surface area contributed by atoms with Gasteiger partial charge in [0.2, 0.25) is 0 Å². The smallest absolute Gasteiger partial charge is 0.187 e. The van der Waals surface area contributed by atoms with Crippen LogP contribution in [0.15, 0.2) is 30.3 Å². The van der Waals surface area contributed by atoms with E-state index in [0.29, 0.717) is 0 Å². The third kappa shape index (κ3) is 1.95. The molecule has 1 aromatic rings. The second kappa shape index (κ2) is 4.31. The fourth-order valence-corrected chi connectivity index (χ4v) is 2.66. The fraction of sp³-hybridized carbons (Fsp3) is 0.571. The molecule has 4 atom stereocenters. The first-order valence-corrected chi connectivity index (χ1v) is 6.19. The molecule has 0 amide bonds. The molecule has 2 aliphatic rings. The highest BCUT2D eigenvalue weighted by Gasteiger charge is 2.55. The lowest BCUT2D eigenvalue weighted by Gasteiger charge is -2.23. The number of rotatable bonds is 2. The van der Waals surface area contributed by atoms with E-state index >= 15 is 0 Å². The third-order valence-electron chi connectivity index (χ3n) is 3.37. The van der Waals surface area contributed by atoms with E-state index in [1.165, 1.54) is 0 Å². The molecular weight excluding hydrogens is 232 g/mol. The molecule has 0 radical (unpaired) electrons. The van der Waals surface area contributed by atoms with E-state index in [9.17, 15) is 0 Å². The van der Waals surface area contributed by atoms with Crippen LogP contribution in [0.4, 0.5) is 0 Å². The normalized spacial score (nSPS) is 37.7. The number of benzene rings is 1. The van der Waals surface area contributed by atoms with Gasteiger partial charge in [0, 0.05) is 7.11 Å². The molecule has 4 nitrogen and oxygen atoms in total. The van der Waals surface area contributed by atoms with Crippen LogP contribution in [-0.2, 0) is 18.9 Å². The minimum absolute atomic E-state index is 0.118. The molecule has 0 unspecified atom stereocenters. The SMILES string of the molecule is CO[C@@H]1O[C@@H](c2ccccc2)[C@H]2OC(C)(C)O[C@@H]12. The van der Waals surface area contributed by atoms with Crippen LogP contribution in [0.25, 0.3) is 0 Å². The van der Waals surface area contributed by atoms with Gasteiger partial charge in [-0.25, -0.2) is 0 Å². The van der Waals surface area contributed by atoms with Crippen molar-refractivity contribution < 1.29 is 18.9 Å². The zero-order valence-corrected chi connectivity index (χ0v) is 10.8. The number of ether oxygens (including phenoxy) is 4. The zero-order chi connectivity index (χ0) is 12.8. The minimum Gasteiger partial charge on any atom is -0.353 e. The van der Waals surface area contributed by atoms with E-state index in [0.717, 1.165) is 5.56 Å². The maximum Gasteiger partial charge on any atom is 0.187 e. The highest BCUT2D eigenvalue weighted by atomic mass is 16.8. The number of hydrogen-bond donors (Lipinski definition) is 0. The van der Waals surface area contributed by atoms with E-state index in [2.05, 4.69) is 0 Å². The van der Waals surface area contributed by atoms with Gasteiger partial charge >= 0.3 is 0 Å². The van der Waals surface area contributed by atoms with E-state index < -0.39 is 5.79 Å². The lowest BCUT2D eigenvalue weighted by molar-refractivity contribution is -0.228. The molecule has 0 spiro atoms. The van der Waals surface area contributed by atoms with Crippen LogP contribution < -0.4 is 0 Å². The summed E-state index contributed by atoms with van der Waals surface area (Å²) < 4.78 is 23.0. The van der Waals surface area contributed by atoms with Crippen molar-refractivity contribution in [1.82, 2.24) is 0 Å². The van der Waals surface area contributed by atoms with Gasteiger partial charge in [-0.05, 0) is 19.4 Å². The maximum atomic E-state index is 5.94. The predicted molar refractivity (Wildman–Crippen MR) is 64.9 cm³/mol. The Bertz CT molecular complexity index is 417. The highest BCUT2D eigenvalue weighted by molar-refractivity contribution is 5.21. The Labute approximate surface area is 107 Å². The van der Waals surface area contributed by atoms with Gasteiger partial charge in [0.05, 0.1) is 0 Å². The summed E-state index contributed by atoms with van der Waals surface area (Å²) in [5, 5.41) is 0. The van der Waals surface area contributed by atoms with Crippen molar-refractivity contribution in [1.29, 1.82) is 0 Å². The topological polar surface area (TPSA) is 36.9 Å². The largest absolute Gasteiger partial charge is 0.353 e. The molecule has 2 heterocycles. The van der Waals surface area contributed by atoms with Gasteiger partial charge < -0.3 is 18.9 Å². The molecule has 2 saturated heterocycles. The molecule has 2 fully saturated rings. The van der Waals surface area contributed by atoms with Crippen LogP contribution in [0, 0.1) is 0 Å². The third-order valence-corrected chi connectivity index (χ3v) is 3.37. The van der Waals surface area contributed by atoms with Gasteiger partial charge in [-0.1, -0.05) is 30.3 Å². The molecule has 4 heteroatoms. The van der Waals surface area contributed by atoms with Crippen molar-refractivity contribution in [2.45, 2.75) is 44.2 Å². The van der Waals surface area contributed by atoms with Crippen molar-refractivity contribution in [3.8, 4) is 0 Å². The standard InChI is InChI=1S/C14H18O4/c1-14(2)17-11-10(9-7-5-4-6-8-9)16-13(15-3)12(11)18-14/h4-8,10-13H,1-3H3/t10-,11+,12+,13+/m0/s1.